The number of benzene rings is 1. The van der Waals surface area contributed by atoms with E-state index in [0.29, 0.717) is 16.6 Å². The van der Waals surface area contributed by atoms with E-state index in [1.54, 1.807) is 25.1 Å². The molecule has 4 nitrogen and oxygen atoms in total. The van der Waals surface area contributed by atoms with Crippen molar-refractivity contribution >= 4 is 23.5 Å². The summed E-state index contributed by atoms with van der Waals surface area (Å²) in [5.74, 6) is 0. The number of aromatic nitrogens is 2. The molecule has 0 amide bonds. The first kappa shape index (κ1) is 17.3. The maximum absolute atomic E-state index is 12.6. The fourth-order valence-electron chi connectivity index (χ4n) is 2.72. The van der Waals surface area contributed by atoms with Crippen LogP contribution in [0.2, 0.25) is 0 Å². The van der Waals surface area contributed by atoms with Gasteiger partial charge in [-0.1, -0.05) is 12.1 Å². The SMILES string of the molecule is Cc1c2cc(B3OC(C)(C)C(C)(C)O3)ccc2nn1CC(F)(F)F. The molecule has 0 radical (unpaired) electrons. The molecule has 1 aliphatic heterocycles. The Morgan fingerprint density at radius 1 is 1.12 bits per heavy atom. The topological polar surface area (TPSA) is 36.3 Å². The molecule has 24 heavy (non-hydrogen) atoms. The molecule has 1 fully saturated rings. The molecule has 3 rings (SSSR count). The summed E-state index contributed by atoms with van der Waals surface area (Å²) >= 11 is 0. The van der Waals surface area contributed by atoms with Crippen molar-refractivity contribution in [3.8, 4) is 0 Å². The second kappa shape index (κ2) is 5.23. The lowest BCUT2D eigenvalue weighted by Crippen LogP contribution is -2.41. The summed E-state index contributed by atoms with van der Waals surface area (Å²) in [5, 5.41) is 4.71. The lowest BCUT2D eigenvalue weighted by molar-refractivity contribution is -0.142. The van der Waals surface area contributed by atoms with Crippen LogP contribution in [0.15, 0.2) is 18.2 Å². The van der Waals surface area contributed by atoms with Gasteiger partial charge in [-0.3, -0.25) is 4.68 Å². The van der Waals surface area contributed by atoms with E-state index in [-0.39, 0.29) is 0 Å². The molecule has 0 spiro atoms. The minimum atomic E-state index is -4.30. The molecule has 0 bridgehead atoms. The van der Waals surface area contributed by atoms with Crippen molar-refractivity contribution in [3.63, 3.8) is 0 Å². The third-order valence-corrected chi connectivity index (χ3v) is 4.88. The first-order valence-electron chi connectivity index (χ1n) is 7.79. The Kier molecular flexibility index (Phi) is 3.77. The van der Waals surface area contributed by atoms with Crippen molar-refractivity contribution in [1.29, 1.82) is 0 Å². The van der Waals surface area contributed by atoms with Gasteiger partial charge in [-0.25, -0.2) is 0 Å². The van der Waals surface area contributed by atoms with Gasteiger partial charge in [-0.05, 0) is 46.1 Å². The van der Waals surface area contributed by atoms with Crippen molar-refractivity contribution in [2.75, 3.05) is 0 Å². The average Bonchev–Trinajstić information content (AvgIpc) is 2.82. The normalized spacial score (nSPS) is 20.1. The van der Waals surface area contributed by atoms with E-state index in [9.17, 15) is 13.2 Å². The Balaban J connectivity index is 1.97. The highest BCUT2D eigenvalue weighted by molar-refractivity contribution is 6.62. The van der Waals surface area contributed by atoms with E-state index in [0.717, 1.165) is 10.1 Å². The van der Waals surface area contributed by atoms with Crippen molar-refractivity contribution in [3.05, 3.63) is 23.9 Å². The summed E-state index contributed by atoms with van der Waals surface area (Å²) in [5.41, 5.74) is 0.832. The fraction of sp³-hybridized carbons (Fsp3) is 0.562. The fourth-order valence-corrected chi connectivity index (χ4v) is 2.72. The van der Waals surface area contributed by atoms with Gasteiger partial charge in [-0.2, -0.15) is 18.3 Å². The third-order valence-electron chi connectivity index (χ3n) is 4.88. The zero-order valence-electron chi connectivity index (χ0n) is 14.4. The predicted molar refractivity (Wildman–Crippen MR) is 86.2 cm³/mol. The van der Waals surface area contributed by atoms with Crippen LogP contribution in [0, 0.1) is 6.92 Å². The molecule has 0 saturated carbocycles. The molecular formula is C16H20BF3N2O2. The maximum Gasteiger partial charge on any atom is 0.494 e. The van der Waals surface area contributed by atoms with Crippen molar-refractivity contribution in [1.82, 2.24) is 9.78 Å². The first-order valence-corrected chi connectivity index (χ1v) is 7.79. The monoisotopic (exact) mass is 340 g/mol. The van der Waals surface area contributed by atoms with Crippen LogP contribution in [0.3, 0.4) is 0 Å². The molecule has 130 valence electrons. The van der Waals surface area contributed by atoms with Gasteiger partial charge in [0.2, 0.25) is 0 Å². The molecule has 0 N–H and O–H groups in total. The number of aryl methyl sites for hydroxylation is 1. The van der Waals surface area contributed by atoms with Crippen LogP contribution in [-0.4, -0.2) is 34.3 Å². The van der Waals surface area contributed by atoms with E-state index in [2.05, 4.69) is 5.10 Å². The number of hydrogen-bond acceptors (Lipinski definition) is 3. The molecule has 1 saturated heterocycles. The van der Waals surface area contributed by atoms with Crippen LogP contribution in [0.25, 0.3) is 10.9 Å². The standard InChI is InChI=1S/C16H20BF3N2O2/c1-10-12-8-11(17-23-14(2,3)15(4,5)24-17)6-7-13(12)21-22(10)9-16(18,19)20/h6-8H,9H2,1-5H3. The smallest absolute Gasteiger partial charge is 0.399 e. The Hall–Kier alpha value is -1.54. The van der Waals surface area contributed by atoms with Crippen LogP contribution in [0.4, 0.5) is 13.2 Å². The van der Waals surface area contributed by atoms with Crippen molar-refractivity contribution < 1.29 is 22.5 Å². The average molecular weight is 340 g/mol. The summed E-state index contributed by atoms with van der Waals surface area (Å²) in [4.78, 5) is 0. The Morgan fingerprint density at radius 2 is 1.71 bits per heavy atom. The Morgan fingerprint density at radius 3 is 2.25 bits per heavy atom. The van der Waals surface area contributed by atoms with Gasteiger partial charge in [0.15, 0.2) is 0 Å². The van der Waals surface area contributed by atoms with Crippen LogP contribution in [0.1, 0.15) is 33.4 Å². The first-order chi connectivity index (χ1) is 10.9. The molecule has 1 aromatic heterocycles. The summed E-state index contributed by atoms with van der Waals surface area (Å²) < 4.78 is 50.9. The quantitative estimate of drug-likeness (QED) is 0.788. The molecule has 0 aliphatic carbocycles. The number of fused-ring (bicyclic) bond motifs is 1. The number of alkyl halides is 3. The van der Waals surface area contributed by atoms with Gasteiger partial charge in [0.25, 0.3) is 0 Å². The van der Waals surface area contributed by atoms with Gasteiger partial charge >= 0.3 is 13.3 Å². The maximum atomic E-state index is 12.6. The highest BCUT2D eigenvalue weighted by Gasteiger charge is 2.51. The second-order valence-corrected chi connectivity index (χ2v) is 7.22. The summed E-state index contributed by atoms with van der Waals surface area (Å²) in [7, 11) is -0.551. The number of rotatable bonds is 2. The van der Waals surface area contributed by atoms with Crippen molar-refractivity contribution in [2.45, 2.75) is 58.5 Å². The lowest BCUT2D eigenvalue weighted by Gasteiger charge is -2.32. The van der Waals surface area contributed by atoms with Gasteiger partial charge in [0, 0.05) is 11.1 Å². The largest absolute Gasteiger partial charge is 0.494 e. The lowest BCUT2D eigenvalue weighted by atomic mass is 9.78. The van der Waals surface area contributed by atoms with E-state index in [1.165, 1.54) is 0 Å². The molecule has 1 aromatic carbocycles. The third kappa shape index (κ3) is 2.93. The van der Waals surface area contributed by atoms with Crippen LogP contribution < -0.4 is 5.46 Å². The second-order valence-electron chi connectivity index (χ2n) is 7.22. The van der Waals surface area contributed by atoms with E-state index >= 15 is 0 Å². The predicted octanol–water partition coefficient (Wildman–Crippen LogP) is 3.21. The minimum Gasteiger partial charge on any atom is -0.399 e. The molecule has 8 heteroatoms. The highest BCUT2D eigenvalue weighted by atomic mass is 19.4. The molecule has 0 unspecified atom stereocenters. The highest BCUT2D eigenvalue weighted by Crippen LogP contribution is 2.36. The molecule has 2 aromatic rings. The van der Waals surface area contributed by atoms with Gasteiger partial charge in [-0.15, -0.1) is 0 Å². The van der Waals surface area contributed by atoms with Crippen LogP contribution in [-0.2, 0) is 15.9 Å². The summed E-state index contributed by atoms with van der Waals surface area (Å²) in [6, 6.07) is 5.29. The summed E-state index contributed by atoms with van der Waals surface area (Å²) in [6.45, 7) is 8.36. The molecule has 1 aliphatic rings. The van der Waals surface area contributed by atoms with Gasteiger partial charge in [0.1, 0.15) is 6.54 Å². The molecule has 2 heterocycles. The van der Waals surface area contributed by atoms with Gasteiger partial charge < -0.3 is 9.31 Å². The zero-order valence-corrected chi connectivity index (χ0v) is 14.4. The van der Waals surface area contributed by atoms with Gasteiger partial charge in [0.05, 0.1) is 16.7 Å². The Labute approximate surface area is 139 Å². The minimum absolute atomic E-state index is 0.470. The number of nitrogens with zero attached hydrogens (tertiary/aromatic N) is 2. The molecular weight excluding hydrogens is 320 g/mol. The van der Waals surface area contributed by atoms with Crippen LogP contribution >= 0.6 is 0 Å². The molecule has 0 atom stereocenters. The van der Waals surface area contributed by atoms with E-state index in [4.69, 9.17) is 9.31 Å². The Bertz CT molecular complexity index is 767. The number of halogens is 3. The van der Waals surface area contributed by atoms with Crippen molar-refractivity contribution in [2.24, 2.45) is 0 Å². The van der Waals surface area contributed by atoms with Crippen LogP contribution in [0.5, 0.6) is 0 Å². The van der Waals surface area contributed by atoms with E-state index < -0.39 is 31.0 Å². The van der Waals surface area contributed by atoms with E-state index in [1.807, 2.05) is 27.7 Å². The number of hydrogen-bond donors (Lipinski definition) is 0. The zero-order chi connectivity index (χ0) is 17.9. The summed E-state index contributed by atoms with van der Waals surface area (Å²) in [6.07, 6.45) is -4.30.